The van der Waals surface area contributed by atoms with E-state index in [2.05, 4.69) is 10.9 Å². The lowest BCUT2D eigenvalue weighted by Crippen LogP contribution is -2.43. The smallest absolute Gasteiger partial charge is 0.269 e. The van der Waals surface area contributed by atoms with E-state index in [4.69, 9.17) is 23.8 Å². The first-order valence-corrected chi connectivity index (χ1v) is 10.7. The number of non-ortho nitro benzene ring substituents is 1. The van der Waals surface area contributed by atoms with Crippen LogP contribution in [0.15, 0.2) is 53.4 Å². The topological polar surface area (TPSA) is 122 Å². The highest BCUT2D eigenvalue weighted by Gasteiger charge is 2.32. The first-order valence-electron chi connectivity index (χ1n) is 9.10. The van der Waals surface area contributed by atoms with Crippen molar-refractivity contribution in [2.45, 2.75) is 6.42 Å². The average Bonchev–Trinajstić information content (AvgIpc) is 3.04. The predicted octanol–water partition coefficient (Wildman–Crippen LogP) is 3.30. The molecular formula is C20H15ClN4O5S2. The van der Waals surface area contributed by atoms with Crippen LogP contribution in [0.25, 0.3) is 6.08 Å². The molecule has 0 spiro atoms. The Hall–Kier alpha value is -3.28. The molecule has 2 aromatic rings. The lowest BCUT2D eigenvalue weighted by molar-refractivity contribution is -0.384. The number of hydrogen-bond donors (Lipinski definition) is 2. The van der Waals surface area contributed by atoms with Crippen LogP contribution in [0.4, 0.5) is 5.69 Å². The summed E-state index contributed by atoms with van der Waals surface area (Å²) in [6.07, 6.45) is 1.54. The number of nitro groups is 1. The highest BCUT2D eigenvalue weighted by Crippen LogP contribution is 2.33. The van der Waals surface area contributed by atoms with E-state index in [1.165, 1.54) is 29.2 Å². The molecule has 2 aromatic carbocycles. The molecule has 1 heterocycles. The van der Waals surface area contributed by atoms with Crippen molar-refractivity contribution in [2.24, 2.45) is 0 Å². The van der Waals surface area contributed by atoms with E-state index >= 15 is 0 Å². The third-order valence-corrected chi connectivity index (χ3v) is 6.01. The van der Waals surface area contributed by atoms with Crippen LogP contribution in [-0.4, -0.2) is 38.4 Å². The Morgan fingerprint density at radius 1 is 1.16 bits per heavy atom. The summed E-state index contributed by atoms with van der Waals surface area (Å²) in [7, 11) is 0. The van der Waals surface area contributed by atoms with Crippen LogP contribution < -0.4 is 10.9 Å². The van der Waals surface area contributed by atoms with Crippen molar-refractivity contribution < 1.29 is 19.3 Å². The number of carbonyl (C=O) groups is 3. The fraction of sp³-hybridized carbons (Fsp3) is 0.100. The Morgan fingerprint density at radius 3 is 2.50 bits per heavy atom. The Kier molecular flexibility index (Phi) is 7.57. The Morgan fingerprint density at radius 2 is 1.84 bits per heavy atom. The largest absolute Gasteiger partial charge is 0.292 e. The van der Waals surface area contributed by atoms with Gasteiger partial charge in [-0.25, -0.2) is 0 Å². The van der Waals surface area contributed by atoms with Crippen LogP contribution >= 0.6 is 35.6 Å². The van der Waals surface area contributed by atoms with Crippen molar-refractivity contribution in [1.29, 1.82) is 0 Å². The summed E-state index contributed by atoms with van der Waals surface area (Å²) in [6.45, 7) is 0.0315. The second kappa shape index (κ2) is 10.4. The summed E-state index contributed by atoms with van der Waals surface area (Å²) < 4.78 is 0.316. The fourth-order valence-corrected chi connectivity index (χ4v) is 4.12. The fourth-order valence-electron chi connectivity index (χ4n) is 2.64. The number of benzene rings is 2. The van der Waals surface area contributed by atoms with Crippen LogP contribution in [0.5, 0.6) is 0 Å². The van der Waals surface area contributed by atoms with Crippen molar-refractivity contribution in [2.75, 3.05) is 6.54 Å². The second-order valence-electron chi connectivity index (χ2n) is 6.41. The third kappa shape index (κ3) is 5.69. The van der Waals surface area contributed by atoms with E-state index in [1.807, 2.05) is 0 Å². The number of carbonyl (C=O) groups excluding carboxylic acids is 3. The molecule has 0 unspecified atom stereocenters. The van der Waals surface area contributed by atoms with E-state index in [-0.39, 0.29) is 30.1 Å². The molecule has 0 atom stereocenters. The minimum Gasteiger partial charge on any atom is -0.292 e. The molecule has 0 aliphatic carbocycles. The molecule has 2 N–H and O–H groups in total. The van der Waals surface area contributed by atoms with Gasteiger partial charge < -0.3 is 0 Å². The van der Waals surface area contributed by atoms with E-state index in [0.29, 0.717) is 19.8 Å². The number of hydrazine groups is 1. The van der Waals surface area contributed by atoms with Crippen LogP contribution in [0, 0.1) is 10.1 Å². The molecule has 32 heavy (non-hydrogen) atoms. The third-order valence-electron chi connectivity index (χ3n) is 4.28. The number of thiocarbonyl (C=S) groups is 1. The molecule has 12 heteroatoms. The van der Waals surface area contributed by atoms with Crippen LogP contribution in [0.2, 0.25) is 5.02 Å². The highest BCUT2D eigenvalue weighted by molar-refractivity contribution is 8.26. The van der Waals surface area contributed by atoms with E-state index in [0.717, 1.165) is 11.8 Å². The van der Waals surface area contributed by atoms with Gasteiger partial charge in [0.05, 0.1) is 9.83 Å². The quantitative estimate of drug-likeness (QED) is 0.276. The monoisotopic (exact) mass is 490 g/mol. The number of hydrogen-bond acceptors (Lipinski definition) is 7. The first-order chi connectivity index (χ1) is 15.3. The number of nitrogens with one attached hydrogen (secondary N) is 2. The molecule has 3 rings (SSSR count). The van der Waals surface area contributed by atoms with Gasteiger partial charge in [-0.1, -0.05) is 53.8 Å². The normalized spacial score (nSPS) is 14.5. The summed E-state index contributed by atoms with van der Waals surface area (Å²) in [5, 5.41) is 11.2. The second-order valence-corrected chi connectivity index (χ2v) is 8.49. The minimum absolute atomic E-state index is 0.0315. The maximum Gasteiger partial charge on any atom is 0.269 e. The number of nitrogens with zero attached hydrogens (tertiary/aromatic N) is 2. The molecule has 1 fully saturated rings. The van der Waals surface area contributed by atoms with Gasteiger partial charge in [0.1, 0.15) is 4.32 Å². The summed E-state index contributed by atoms with van der Waals surface area (Å²) >= 11 is 12.5. The summed E-state index contributed by atoms with van der Waals surface area (Å²) in [5.41, 5.74) is 5.12. The molecule has 1 aliphatic heterocycles. The van der Waals surface area contributed by atoms with E-state index < -0.39 is 16.7 Å². The van der Waals surface area contributed by atoms with Gasteiger partial charge in [0.25, 0.3) is 17.5 Å². The van der Waals surface area contributed by atoms with Gasteiger partial charge >= 0.3 is 0 Å². The molecule has 0 saturated carbocycles. The number of nitro benzene ring substituents is 1. The van der Waals surface area contributed by atoms with Gasteiger partial charge in [-0.2, -0.15) is 0 Å². The van der Waals surface area contributed by atoms with Crippen LogP contribution in [-0.2, 0) is 9.59 Å². The van der Waals surface area contributed by atoms with Gasteiger partial charge in [0.2, 0.25) is 5.91 Å². The number of amides is 3. The van der Waals surface area contributed by atoms with Crippen molar-refractivity contribution in [1.82, 2.24) is 15.8 Å². The van der Waals surface area contributed by atoms with Crippen molar-refractivity contribution in [3.05, 3.63) is 79.7 Å². The average molecular weight is 491 g/mol. The van der Waals surface area contributed by atoms with Gasteiger partial charge in [-0.15, -0.1) is 0 Å². The molecule has 0 aromatic heterocycles. The molecule has 0 radical (unpaired) electrons. The molecule has 9 nitrogen and oxygen atoms in total. The highest BCUT2D eigenvalue weighted by atomic mass is 35.5. The van der Waals surface area contributed by atoms with E-state index in [9.17, 15) is 24.5 Å². The molecule has 3 amide bonds. The van der Waals surface area contributed by atoms with Crippen molar-refractivity contribution >= 4 is 69.4 Å². The number of rotatable bonds is 6. The predicted molar refractivity (Wildman–Crippen MR) is 125 cm³/mol. The molecule has 164 valence electrons. The lowest BCUT2D eigenvalue weighted by atomic mass is 10.2. The molecule has 1 saturated heterocycles. The lowest BCUT2D eigenvalue weighted by Gasteiger charge is -2.14. The number of thioether (sulfide) groups is 1. The SMILES string of the molecule is O=C(CCN1C(=O)/C(=C/c2ccccc2Cl)SC1=S)NNC(=O)c1ccc([N+](=O)[O-])cc1. The maximum absolute atomic E-state index is 12.6. The van der Waals surface area contributed by atoms with Gasteiger partial charge in [-0.05, 0) is 29.8 Å². The van der Waals surface area contributed by atoms with Crippen molar-refractivity contribution in [3.63, 3.8) is 0 Å². The van der Waals surface area contributed by atoms with Gasteiger partial charge in [0, 0.05) is 35.7 Å². The van der Waals surface area contributed by atoms with Gasteiger partial charge in [-0.3, -0.25) is 40.2 Å². The summed E-state index contributed by atoms with van der Waals surface area (Å²) in [6, 6.07) is 12.0. The summed E-state index contributed by atoms with van der Waals surface area (Å²) in [4.78, 5) is 48.5. The zero-order chi connectivity index (χ0) is 23.3. The zero-order valence-corrected chi connectivity index (χ0v) is 18.6. The van der Waals surface area contributed by atoms with Crippen LogP contribution in [0.3, 0.4) is 0 Å². The molecular weight excluding hydrogens is 476 g/mol. The van der Waals surface area contributed by atoms with E-state index in [1.54, 1.807) is 30.3 Å². The Bertz CT molecular complexity index is 1140. The summed E-state index contributed by atoms with van der Waals surface area (Å²) in [5.74, 6) is -1.51. The van der Waals surface area contributed by atoms with Crippen molar-refractivity contribution in [3.8, 4) is 0 Å². The standard InChI is InChI=1S/C20H15ClN4O5S2/c21-15-4-2-1-3-13(15)11-16-19(28)24(20(31)32-16)10-9-17(26)22-23-18(27)12-5-7-14(8-6-12)25(29)30/h1-8,11H,9-10H2,(H,22,26)(H,23,27)/b16-11-. The Labute approximate surface area is 196 Å². The van der Waals surface area contributed by atoms with Crippen LogP contribution in [0.1, 0.15) is 22.3 Å². The zero-order valence-electron chi connectivity index (χ0n) is 16.2. The maximum atomic E-state index is 12.6. The first kappa shape index (κ1) is 23.4. The molecule has 1 aliphatic rings. The van der Waals surface area contributed by atoms with Gasteiger partial charge in [0.15, 0.2) is 0 Å². The number of halogens is 1. The molecule has 0 bridgehead atoms. The minimum atomic E-state index is -0.637. The Balaban J connectivity index is 1.51.